The van der Waals surface area contributed by atoms with Crippen LogP contribution in [0.4, 0.5) is 0 Å². The molecular formula is C9H14N2O3. The van der Waals surface area contributed by atoms with E-state index < -0.39 is 5.97 Å². The average molecular weight is 198 g/mol. The molecule has 5 nitrogen and oxygen atoms in total. The van der Waals surface area contributed by atoms with Crippen molar-refractivity contribution >= 4 is 5.97 Å². The topological polar surface area (TPSA) is 75.3 Å². The predicted octanol–water partition coefficient (Wildman–Crippen LogP) is -0.0279. The Kier molecular flexibility index (Phi) is 3.64. The molecule has 0 radical (unpaired) electrons. The van der Waals surface area contributed by atoms with Gasteiger partial charge in [0.2, 0.25) is 0 Å². The molecule has 1 rings (SSSR count). The van der Waals surface area contributed by atoms with Crippen molar-refractivity contribution in [3.63, 3.8) is 0 Å². The zero-order valence-electron chi connectivity index (χ0n) is 8.10. The SMILES string of the molecule is Cn1c(CCO)cnc1CCC(=O)O. The van der Waals surface area contributed by atoms with Crippen LogP contribution in [0.25, 0.3) is 0 Å². The summed E-state index contributed by atoms with van der Waals surface area (Å²) in [7, 11) is 1.83. The molecule has 1 aromatic heterocycles. The van der Waals surface area contributed by atoms with Gasteiger partial charge < -0.3 is 14.8 Å². The lowest BCUT2D eigenvalue weighted by molar-refractivity contribution is -0.137. The number of aromatic nitrogens is 2. The van der Waals surface area contributed by atoms with Gasteiger partial charge in [-0.15, -0.1) is 0 Å². The van der Waals surface area contributed by atoms with E-state index in [1.54, 1.807) is 6.20 Å². The molecule has 0 aliphatic heterocycles. The third-order valence-electron chi connectivity index (χ3n) is 2.11. The lowest BCUT2D eigenvalue weighted by atomic mass is 10.3. The molecule has 2 N–H and O–H groups in total. The first-order valence-electron chi connectivity index (χ1n) is 4.47. The molecule has 0 spiro atoms. The average Bonchev–Trinajstić information content (AvgIpc) is 2.46. The number of rotatable bonds is 5. The summed E-state index contributed by atoms with van der Waals surface area (Å²) in [5, 5.41) is 17.2. The molecule has 5 heteroatoms. The van der Waals surface area contributed by atoms with Crippen LogP contribution < -0.4 is 0 Å². The minimum absolute atomic E-state index is 0.0813. The van der Waals surface area contributed by atoms with Gasteiger partial charge in [0, 0.05) is 38.4 Å². The summed E-state index contributed by atoms with van der Waals surface area (Å²) in [4.78, 5) is 14.4. The van der Waals surface area contributed by atoms with Gasteiger partial charge in [-0.1, -0.05) is 0 Å². The minimum atomic E-state index is -0.822. The molecule has 0 unspecified atom stereocenters. The first-order valence-corrected chi connectivity index (χ1v) is 4.47. The number of carbonyl (C=O) groups is 1. The summed E-state index contributed by atoms with van der Waals surface area (Å²) in [6.45, 7) is 0.0813. The van der Waals surface area contributed by atoms with Crippen LogP contribution in [0, 0.1) is 0 Å². The Morgan fingerprint density at radius 1 is 1.57 bits per heavy atom. The molecule has 0 bridgehead atoms. The van der Waals surface area contributed by atoms with Crippen molar-refractivity contribution in [3.8, 4) is 0 Å². The summed E-state index contributed by atoms with van der Waals surface area (Å²) in [6.07, 6.45) is 2.74. The second-order valence-corrected chi connectivity index (χ2v) is 3.09. The molecular weight excluding hydrogens is 184 g/mol. The second-order valence-electron chi connectivity index (χ2n) is 3.09. The molecule has 0 fully saturated rings. The minimum Gasteiger partial charge on any atom is -0.481 e. The number of carboxylic acids is 1. The molecule has 14 heavy (non-hydrogen) atoms. The Morgan fingerprint density at radius 3 is 2.86 bits per heavy atom. The van der Waals surface area contributed by atoms with Gasteiger partial charge in [0.15, 0.2) is 0 Å². The van der Waals surface area contributed by atoms with Crippen LogP contribution >= 0.6 is 0 Å². The molecule has 1 aromatic rings. The van der Waals surface area contributed by atoms with Gasteiger partial charge in [0.1, 0.15) is 5.82 Å². The van der Waals surface area contributed by atoms with Gasteiger partial charge in [-0.2, -0.15) is 0 Å². The fourth-order valence-corrected chi connectivity index (χ4v) is 1.29. The maximum absolute atomic E-state index is 10.3. The Hall–Kier alpha value is -1.36. The van der Waals surface area contributed by atoms with Gasteiger partial charge in [-0.05, 0) is 0 Å². The fraction of sp³-hybridized carbons (Fsp3) is 0.556. The standard InChI is InChI=1S/C9H14N2O3/c1-11-7(4-5-12)6-10-8(11)2-3-9(13)14/h6,12H,2-5H2,1H3,(H,13,14). The molecule has 0 aromatic carbocycles. The van der Waals surface area contributed by atoms with E-state index in [2.05, 4.69) is 4.98 Å². The van der Waals surface area contributed by atoms with E-state index in [0.29, 0.717) is 12.8 Å². The van der Waals surface area contributed by atoms with E-state index in [1.807, 2.05) is 11.6 Å². The summed E-state index contributed by atoms with van der Waals surface area (Å²) in [5.74, 6) is -0.0763. The molecule has 1 heterocycles. The number of carboxylic acid groups (broad SMARTS) is 1. The van der Waals surface area contributed by atoms with Crippen molar-refractivity contribution < 1.29 is 15.0 Å². The Bertz CT molecular complexity index is 320. The quantitative estimate of drug-likeness (QED) is 0.696. The smallest absolute Gasteiger partial charge is 0.303 e. The maximum atomic E-state index is 10.3. The number of aliphatic hydroxyl groups is 1. The highest BCUT2D eigenvalue weighted by Crippen LogP contribution is 2.05. The van der Waals surface area contributed by atoms with E-state index >= 15 is 0 Å². The molecule has 0 saturated heterocycles. The first-order chi connectivity index (χ1) is 6.65. The summed E-state index contributed by atoms with van der Waals surface area (Å²) in [6, 6.07) is 0. The van der Waals surface area contributed by atoms with Crippen LogP contribution in [0.2, 0.25) is 0 Å². The Balaban J connectivity index is 2.64. The summed E-state index contributed by atoms with van der Waals surface area (Å²) < 4.78 is 1.83. The Morgan fingerprint density at radius 2 is 2.29 bits per heavy atom. The summed E-state index contributed by atoms with van der Waals surface area (Å²) >= 11 is 0. The van der Waals surface area contributed by atoms with Crippen molar-refractivity contribution in [2.24, 2.45) is 7.05 Å². The van der Waals surface area contributed by atoms with E-state index in [9.17, 15) is 4.79 Å². The van der Waals surface area contributed by atoms with Gasteiger partial charge in [0.25, 0.3) is 0 Å². The number of hydrogen-bond donors (Lipinski definition) is 2. The number of aliphatic carboxylic acids is 1. The zero-order chi connectivity index (χ0) is 10.6. The van der Waals surface area contributed by atoms with Crippen LogP contribution in [-0.4, -0.2) is 32.3 Å². The highest BCUT2D eigenvalue weighted by molar-refractivity contribution is 5.66. The van der Waals surface area contributed by atoms with Crippen LogP contribution in [0.1, 0.15) is 17.9 Å². The van der Waals surface area contributed by atoms with Crippen molar-refractivity contribution in [1.29, 1.82) is 0 Å². The molecule has 0 aliphatic rings. The van der Waals surface area contributed by atoms with Gasteiger partial charge in [0.05, 0.1) is 6.42 Å². The van der Waals surface area contributed by atoms with Crippen LogP contribution in [0.5, 0.6) is 0 Å². The van der Waals surface area contributed by atoms with Gasteiger partial charge in [-0.25, -0.2) is 4.98 Å². The highest BCUT2D eigenvalue weighted by Gasteiger charge is 2.07. The fourth-order valence-electron chi connectivity index (χ4n) is 1.29. The number of nitrogens with zero attached hydrogens (tertiary/aromatic N) is 2. The summed E-state index contributed by atoms with van der Waals surface area (Å²) in [5.41, 5.74) is 0.924. The molecule has 78 valence electrons. The van der Waals surface area contributed by atoms with Gasteiger partial charge >= 0.3 is 5.97 Å². The van der Waals surface area contributed by atoms with Crippen LogP contribution in [0.15, 0.2) is 6.20 Å². The number of aliphatic hydroxyl groups excluding tert-OH is 1. The van der Waals surface area contributed by atoms with E-state index in [0.717, 1.165) is 11.5 Å². The third kappa shape index (κ3) is 2.56. The van der Waals surface area contributed by atoms with Crippen molar-refractivity contribution in [1.82, 2.24) is 9.55 Å². The predicted molar refractivity (Wildman–Crippen MR) is 50.0 cm³/mol. The molecule has 0 atom stereocenters. The molecule has 0 aliphatic carbocycles. The third-order valence-corrected chi connectivity index (χ3v) is 2.11. The number of imidazole rings is 1. The van der Waals surface area contributed by atoms with Crippen molar-refractivity contribution in [2.45, 2.75) is 19.3 Å². The highest BCUT2D eigenvalue weighted by atomic mass is 16.4. The van der Waals surface area contributed by atoms with Crippen LogP contribution in [-0.2, 0) is 24.7 Å². The molecule has 0 amide bonds. The zero-order valence-corrected chi connectivity index (χ0v) is 8.10. The second kappa shape index (κ2) is 4.76. The maximum Gasteiger partial charge on any atom is 0.303 e. The van der Waals surface area contributed by atoms with Crippen molar-refractivity contribution in [2.75, 3.05) is 6.61 Å². The number of aryl methyl sites for hydroxylation is 1. The molecule has 0 saturated carbocycles. The van der Waals surface area contributed by atoms with E-state index in [1.165, 1.54) is 0 Å². The Labute approximate surface area is 82.0 Å². The lowest BCUT2D eigenvalue weighted by Gasteiger charge is -2.03. The lowest BCUT2D eigenvalue weighted by Crippen LogP contribution is -2.06. The van der Waals surface area contributed by atoms with Crippen LogP contribution in [0.3, 0.4) is 0 Å². The normalized spacial score (nSPS) is 10.4. The largest absolute Gasteiger partial charge is 0.481 e. The van der Waals surface area contributed by atoms with Crippen molar-refractivity contribution in [3.05, 3.63) is 17.7 Å². The van der Waals surface area contributed by atoms with E-state index in [-0.39, 0.29) is 13.0 Å². The van der Waals surface area contributed by atoms with Gasteiger partial charge in [-0.3, -0.25) is 4.79 Å². The monoisotopic (exact) mass is 198 g/mol. The first kappa shape index (κ1) is 10.7. The number of hydrogen-bond acceptors (Lipinski definition) is 3. The van der Waals surface area contributed by atoms with E-state index in [4.69, 9.17) is 10.2 Å².